The zero-order valence-corrected chi connectivity index (χ0v) is 9.65. The Bertz CT molecular complexity index is 300. The van der Waals surface area contributed by atoms with Crippen LogP contribution in [0.3, 0.4) is 0 Å². The summed E-state index contributed by atoms with van der Waals surface area (Å²) in [5.74, 6) is 0.790. The number of aliphatic hydroxyl groups excluding tert-OH is 1. The van der Waals surface area contributed by atoms with Crippen LogP contribution in [0.15, 0.2) is 22.8 Å². The average Bonchev–Trinajstić information content (AvgIpc) is 2.84. The lowest BCUT2D eigenvalue weighted by Crippen LogP contribution is -2.37. The Morgan fingerprint density at radius 1 is 1.41 bits per heavy atom. The lowest BCUT2D eigenvalue weighted by molar-refractivity contribution is 0.104. The summed E-state index contributed by atoms with van der Waals surface area (Å²) in [5, 5.41) is 13.6. The van der Waals surface area contributed by atoms with E-state index in [1.165, 1.54) is 0 Å². The van der Waals surface area contributed by atoms with Crippen LogP contribution < -0.4 is 10.6 Å². The van der Waals surface area contributed by atoms with E-state index in [1.54, 1.807) is 6.26 Å². The largest absolute Gasteiger partial charge is 0.467 e. The van der Waals surface area contributed by atoms with Crippen molar-refractivity contribution in [3.05, 3.63) is 24.2 Å². The summed E-state index contributed by atoms with van der Waals surface area (Å²) < 4.78 is 10.4. The highest BCUT2D eigenvalue weighted by Crippen LogP contribution is 2.01. The predicted octanol–water partition coefficient (Wildman–Crippen LogP) is 0.478. The molecule has 0 saturated carbocycles. The number of carbonyl (C=O) groups excluding carboxylic acids is 1. The summed E-state index contributed by atoms with van der Waals surface area (Å²) >= 11 is 0. The summed E-state index contributed by atoms with van der Waals surface area (Å²) in [5.41, 5.74) is 0. The standard InChI is InChI=1S/C11H18N2O4/c14-6-5-13-11(15)12-4-2-7-16-9-10-3-1-8-17-10/h1,3,8,14H,2,4-7,9H2,(H2,12,13,15). The predicted molar refractivity (Wildman–Crippen MR) is 61.5 cm³/mol. The van der Waals surface area contributed by atoms with Crippen molar-refractivity contribution in [2.75, 3.05) is 26.3 Å². The van der Waals surface area contributed by atoms with E-state index in [-0.39, 0.29) is 19.2 Å². The Morgan fingerprint density at radius 2 is 2.24 bits per heavy atom. The molecular weight excluding hydrogens is 224 g/mol. The van der Waals surface area contributed by atoms with Gasteiger partial charge in [0.1, 0.15) is 12.4 Å². The summed E-state index contributed by atoms with van der Waals surface area (Å²) in [6, 6.07) is 3.39. The number of furan rings is 1. The van der Waals surface area contributed by atoms with Crippen LogP contribution in [-0.4, -0.2) is 37.4 Å². The number of hydrogen-bond acceptors (Lipinski definition) is 4. The maximum atomic E-state index is 11.0. The molecule has 0 aromatic carbocycles. The first-order valence-electron chi connectivity index (χ1n) is 5.55. The van der Waals surface area contributed by atoms with E-state index in [9.17, 15) is 4.79 Å². The molecular formula is C11H18N2O4. The van der Waals surface area contributed by atoms with E-state index in [2.05, 4.69) is 10.6 Å². The van der Waals surface area contributed by atoms with Crippen molar-refractivity contribution in [1.29, 1.82) is 0 Å². The third-order valence-electron chi connectivity index (χ3n) is 1.97. The molecule has 0 spiro atoms. The van der Waals surface area contributed by atoms with E-state index in [0.717, 1.165) is 12.2 Å². The van der Waals surface area contributed by atoms with Crippen molar-refractivity contribution in [2.24, 2.45) is 0 Å². The molecule has 96 valence electrons. The van der Waals surface area contributed by atoms with Crippen LogP contribution in [0.5, 0.6) is 0 Å². The fourth-order valence-electron chi connectivity index (χ4n) is 1.18. The highest BCUT2D eigenvalue weighted by Gasteiger charge is 1.98. The van der Waals surface area contributed by atoms with Crippen LogP contribution in [-0.2, 0) is 11.3 Å². The van der Waals surface area contributed by atoms with E-state index in [4.69, 9.17) is 14.3 Å². The quantitative estimate of drug-likeness (QED) is 0.579. The molecule has 17 heavy (non-hydrogen) atoms. The van der Waals surface area contributed by atoms with Crippen molar-refractivity contribution >= 4 is 6.03 Å². The van der Waals surface area contributed by atoms with Gasteiger partial charge in [-0.05, 0) is 18.6 Å². The number of aliphatic hydroxyl groups is 1. The number of hydrogen-bond donors (Lipinski definition) is 3. The van der Waals surface area contributed by atoms with Crippen LogP contribution >= 0.6 is 0 Å². The van der Waals surface area contributed by atoms with Crippen LogP contribution in [0.25, 0.3) is 0 Å². The molecule has 0 bridgehead atoms. The summed E-state index contributed by atoms with van der Waals surface area (Å²) in [7, 11) is 0. The topological polar surface area (TPSA) is 83.7 Å². The van der Waals surface area contributed by atoms with E-state index < -0.39 is 0 Å². The average molecular weight is 242 g/mol. The molecule has 0 radical (unpaired) electrons. The first kappa shape index (κ1) is 13.5. The SMILES string of the molecule is O=C(NCCO)NCCCOCc1ccco1. The Hall–Kier alpha value is -1.53. The van der Waals surface area contributed by atoms with Crippen molar-refractivity contribution in [1.82, 2.24) is 10.6 Å². The molecule has 0 unspecified atom stereocenters. The molecule has 1 aromatic heterocycles. The molecule has 0 aliphatic rings. The van der Waals surface area contributed by atoms with Gasteiger partial charge in [-0.15, -0.1) is 0 Å². The van der Waals surface area contributed by atoms with E-state index in [1.807, 2.05) is 12.1 Å². The molecule has 1 aromatic rings. The second-order valence-electron chi connectivity index (χ2n) is 3.39. The second-order valence-corrected chi connectivity index (χ2v) is 3.39. The maximum Gasteiger partial charge on any atom is 0.314 e. The minimum atomic E-state index is -0.273. The van der Waals surface area contributed by atoms with Crippen molar-refractivity contribution in [3.8, 4) is 0 Å². The number of urea groups is 1. The molecule has 0 saturated heterocycles. The molecule has 1 rings (SSSR count). The monoisotopic (exact) mass is 242 g/mol. The number of ether oxygens (including phenoxy) is 1. The zero-order chi connectivity index (χ0) is 12.3. The maximum absolute atomic E-state index is 11.0. The number of rotatable bonds is 8. The molecule has 0 atom stereocenters. The molecule has 0 fully saturated rings. The third-order valence-corrected chi connectivity index (χ3v) is 1.97. The number of carbonyl (C=O) groups is 1. The van der Waals surface area contributed by atoms with Crippen LogP contribution in [0.4, 0.5) is 4.79 Å². The number of amides is 2. The highest BCUT2D eigenvalue weighted by atomic mass is 16.5. The van der Waals surface area contributed by atoms with Gasteiger partial charge in [0.25, 0.3) is 0 Å². The minimum Gasteiger partial charge on any atom is -0.467 e. The normalized spacial score (nSPS) is 10.2. The van der Waals surface area contributed by atoms with Gasteiger partial charge in [-0.3, -0.25) is 0 Å². The molecule has 3 N–H and O–H groups in total. The third kappa shape index (κ3) is 6.60. The fraction of sp³-hybridized carbons (Fsp3) is 0.545. The van der Waals surface area contributed by atoms with E-state index in [0.29, 0.717) is 19.8 Å². The fourth-order valence-corrected chi connectivity index (χ4v) is 1.18. The second kappa shape index (κ2) is 8.60. The lowest BCUT2D eigenvalue weighted by Gasteiger charge is -2.06. The van der Waals surface area contributed by atoms with Gasteiger partial charge in [-0.2, -0.15) is 0 Å². The van der Waals surface area contributed by atoms with Crippen molar-refractivity contribution in [3.63, 3.8) is 0 Å². The molecule has 1 heterocycles. The Kier molecular flexibility index (Phi) is 6.85. The van der Waals surface area contributed by atoms with Gasteiger partial charge in [-0.1, -0.05) is 0 Å². The Balaban J connectivity index is 1.89. The van der Waals surface area contributed by atoms with Gasteiger partial charge in [0.05, 0.1) is 12.9 Å². The molecule has 2 amide bonds. The Labute approximate surface area is 99.9 Å². The van der Waals surface area contributed by atoms with Crippen LogP contribution in [0, 0.1) is 0 Å². The lowest BCUT2D eigenvalue weighted by atomic mass is 10.4. The van der Waals surface area contributed by atoms with Gasteiger partial charge in [0.2, 0.25) is 0 Å². The van der Waals surface area contributed by atoms with Gasteiger partial charge in [0.15, 0.2) is 0 Å². The van der Waals surface area contributed by atoms with Crippen LogP contribution in [0.2, 0.25) is 0 Å². The Morgan fingerprint density at radius 3 is 2.94 bits per heavy atom. The molecule has 0 aliphatic carbocycles. The summed E-state index contributed by atoms with van der Waals surface area (Å²) in [4.78, 5) is 11.0. The first-order chi connectivity index (χ1) is 8.33. The molecule has 6 nitrogen and oxygen atoms in total. The highest BCUT2D eigenvalue weighted by molar-refractivity contribution is 5.73. The van der Waals surface area contributed by atoms with Gasteiger partial charge in [0, 0.05) is 19.7 Å². The zero-order valence-electron chi connectivity index (χ0n) is 9.65. The number of nitrogens with one attached hydrogen (secondary N) is 2. The first-order valence-corrected chi connectivity index (χ1v) is 5.55. The van der Waals surface area contributed by atoms with Crippen molar-refractivity contribution < 1.29 is 19.1 Å². The summed E-state index contributed by atoms with van der Waals surface area (Å²) in [6.45, 7) is 1.75. The van der Waals surface area contributed by atoms with Gasteiger partial charge < -0.3 is 24.9 Å². The van der Waals surface area contributed by atoms with Crippen LogP contribution in [0.1, 0.15) is 12.2 Å². The van der Waals surface area contributed by atoms with Gasteiger partial charge >= 0.3 is 6.03 Å². The van der Waals surface area contributed by atoms with E-state index >= 15 is 0 Å². The smallest absolute Gasteiger partial charge is 0.314 e. The molecule has 0 aliphatic heterocycles. The summed E-state index contributed by atoms with van der Waals surface area (Å²) in [6.07, 6.45) is 2.33. The molecule has 6 heteroatoms. The minimum absolute atomic E-state index is 0.0559. The van der Waals surface area contributed by atoms with Crippen molar-refractivity contribution in [2.45, 2.75) is 13.0 Å². The van der Waals surface area contributed by atoms with Gasteiger partial charge in [-0.25, -0.2) is 4.79 Å².